The summed E-state index contributed by atoms with van der Waals surface area (Å²) in [6.07, 6.45) is 2.58. The lowest BCUT2D eigenvalue weighted by molar-refractivity contribution is -0.122. The zero-order chi connectivity index (χ0) is 16.9. The number of halogens is 1. The third-order valence-corrected chi connectivity index (χ3v) is 4.17. The number of aromatic nitrogens is 2. The largest absolute Gasteiger partial charge is 0.353 e. The summed E-state index contributed by atoms with van der Waals surface area (Å²) in [6, 6.07) is 5.05. The molecule has 0 saturated carbocycles. The fraction of sp³-hybridized carbons (Fsp3) is 0.471. The minimum absolute atomic E-state index is 0.0111. The average molecular weight is 332 g/mol. The maximum absolute atomic E-state index is 13.6. The number of nitrogens with one attached hydrogen (secondary N) is 2. The summed E-state index contributed by atoms with van der Waals surface area (Å²) in [5.74, 6) is 0.400. The topological polar surface area (TPSA) is 80.0 Å². The molecule has 6 nitrogen and oxygen atoms in total. The molecule has 2 heterocycles. The van der Waals surface area contributed by atoms with E-state index in [4.69, 9.17) is 4.52 Å². The second kappa shape index (κ2) is 7.53. The summed E-state index contributed by atoms with van der Waals surface area (Å²) in [7, 11) is 0. The molecule has 0 atom stereocenters. The van der Waals surface area contributed by atoms with Crippen LogP contribution in [0.15, 0.2) is 22.7 Å². The number of carbonyl (C=O) groups excluding carboxylic acids is 1. The van der Waals surface area contributed by atoms with Crippen molar-refractivity contribution in [2.45, 2.75) is 38.6 Å². The van der Waals surface area contributed by atoms with Crippen LogP contribution in [0.4, 0.5) is 4.39 Å². The summed E-state index contributed by atoms with van der Waals surface area (Å²) in [5.41, 5.74) is 1.13. The summed E-state index contributed by atoms with van der Waals surface area (Å²) in [5, 5.41) is 10.1. The minimum Gasteiger partial charge on any atom is -0.353 e. The van der Waals surface area contributed by atoms with E-state index in [-0.39, 0.29) is 17.8 Å². The maximum Gasteiger partial charge on any atom is 0.227 e. The molecule has 1 aromatic heterocycles. The predicted octanol–water partition coefficient (Wildman–Crippen LogP) is 1.98. The minimum atomic E-state index is -0.305. The number of rotatable bonds is 5. The average Bonchev–Trinajstić information content (AvgIpc) is 3.05. The van der Waals surface area contributed by atoms with Crippen LogP contribution in [-0.2, 0) is 11.2 Å². The summed E-state index contributed by atoms with van der Waals surface area (Å²) >= 11 is 0. The van der Waals surface area contributed by atoms with Gasteiger partial charge in [0.2, 0.25) is 17.6 Å². The number of hydrogen-bond acceptors (Lipinski definition) is 5. The van der Waals surface area contributed by atoms with Gasteiger partial charge in [-0.05, 0) is 44.5 Å². The van der Waals surface area contributed by atoms with Gasteiger partial charge in [-0.15, -0.1) is 0 Å². The van der Waals surface area contributed by atoms with E-state index >= 15 is 0 Å². The highest BCUT2D eigenvalue weighted by molar-refractivity contribution is 5.76. The molecule has 24 heavy (non-hydrogen) atoms. The molecule has 2 N–H and O–H groups in total. The fourth-order valence-corrected chi connectivity index (χ4v) is 2.69. The van der Waals surface area contributed by atoms with Crippen molar-refractivity contribution in [3.05, 3.63) is 35.5 Å². The molecule has 0 unspecified atom stereocenters. The van der Waals surface area contributed by atoms with E-state index in [1.807, 2.05) is 0 Å². The Morgan fingerprint density at radius 3 is 2.96 bits per heavy atom. The van der Waals surface area contributed by atoms with E-state index in [2.05, 4.69) is 20.8 Å². The van der Waals surface area contributed by atoms with Crippen molar-refractivity contribution in [3.63, 3.8) is 0 Å². The van der Waals surface area contributed by atoms with Crippen molar-refractivity contribution < 1.29 is 13.7 Å². The highest BCUT2D eigenvalue weighted by Gasteiger charge is 2.16. The van der Waals surface area contributed by atoms with Crippen LogP contribution in [0.3, 0.4) is 0 Å². The zero-order valence-electron chi connectivity index (χ0n) is 13.6. The van der Waals surface area contributed by atoms with Gasteiger partial charge in [0.05, 0.1) is 0 Å². The predicted molar refractivity (Wildman–Crippen MR) is 86.8 cm³/mol. The Balaban J connectivity index is 1.53. The Labute approximate surface area is 139 Å². The van der Waals surface area contributed by atoms with Gasteiger partial charge in [0.25, 0.3) is 0 Å². The standard InChI is InChI=1S/C17H21FN4O2/c1-11-2-3-12(10-14(11)18)17-21-16(24-22-17)5-4-15(23)20-13-6-8-19-9-7-13/h2-3,10,13,19H,4-9H2,1H3,(H,20,23). The molecule has 0 radical (unpaired) electrons. The van der Waals surface area contributed by atoms with Crippen LogP contribution < -0.4 is 10.6 Å². The molecule has 1 aliphatic heterocycles. The van der Waals surface area contributed by atoms with E-state index in [1.54, 1.807) is 19.1 Å². The van der Waals surface area contributed by atoms with Crippen LogP contribution in [0, 0.1) is 12.7 Å². The van der Waals surface area contributed by atoms with Crippen molar-refractivity contribution in [1.29, 1.82) is 0 Å². The van der Waals surface area contributed by atoms with Crippen LogP contribution in [0.2, 0.25) is 0 Å². The van der Waals surface area contributed by atoms with Gasteiger partial charge in [0, 0.05) is 24.4 Å². The van der Waals surface area contributed by atoms with Gasteiger partial charge in [-0.1, -0.05) is 17.3 Å². The Morgan fingerprint density at radius 2 is 2.21 bits per heavy atom. The van der Waals surface area contributed by atoms with Gasteiger partial charge < -0.3 is 15.2 Å². The molecule has 7 heteroatoms. The molecule has 2 aromatic rings. The van der Waals surface area contributed by atoms with Crippen molar-refractivity contribution in [1.82, 2.24) is 20.8 Å². The van der Waals surface area contributed by atoms with Crippen LogP contribution in [-0.4, -0.2) is 35.2 Å². The maximum atomic E-state index is 13.6. The first-order chi connectivity index (χ1) is 11.6. The van der Waals surface area contributed by atoms with Gasteiger partial charge in [-0.3, -0.25) is 4.79 Å². The number of aryl methyl sites for hydroxylation is 2. The Kier molecular flexibility index (Phi) is 5.20. The fourth-order valence-electron chi connectivity index (χ4n) is 2.69. The number of carbonyl (C=O) groups is 1. The van der Waals surface area contributed by atoms with Gasteiger partial charge in [-0.2, -0.15) is 4.98 Å². The summed E-state index contributed by atoms with van der Waals surface area (Å²) in [4.78, 5) is 16.2. The van der Waals surface area contributed by atoms with Crippen molar-refractivity contribution in [3.8, 4) is 11.4 Å². The molecule has 128 valence electrons. The lowest BCUT2D eigenvalue weighted by Crippen LogP contribution is -2.42. The number of hydrogen-bond donors (Lipinski definition) is 2. The number of amides is 1. The molecule has 1 aliphatic rings. The summed E-state index contributed by atoms with van der Waals surface area (Å²) < 4.78 is 18.8. The van der Waals surface area contributed by atoms with Crippen molar-refractivity contribution >= 4 is 5.91 Å². The van der Waals surface area contributed by atoms with Gasteiger partial charge >= 0.3 is 0 Å². The molecule has 1 saturated heterocycles. The molecule has 1 fully saturated rings. The third kappa shape index (κ3) is 4.17. The van der Waals surface area contributed by atoms with Crippen molar-refractivity contribution in [2.75, 3.05) is 13.1 Å². The molecule has 0 spiro atoms. The molecule has 1 amide bonds. The highest BCUT2D eigenvalue weighted by atomic mass is 19.1. The molecular formula is C17H21FN4O2. The first-order valence-corrected chi connectivity index (χ1v) is 8.21. The first-order valence-electron chi connectivity index (χ1n) is 8.21. The first kappa shape index (κ1) is 16.6. The number of nitrogens with zero attached hydrogens (tertiary/aromatic N) is 2. The number of benzene rings is 1. The normalized spacial score (nSPS) is 15.4. The van der Waals surface area contributed by atoms with Gasteiger partial charge in [0.1, 0.15) is 5.82 Å². The molecule has 1 aromatic carbocycles. The van der Waals surface area contributed by atoms with Crippen LogP contribution in [0.25, 0.3) is 11.4 Å². The van der Waals surface area contributed by atoms with Crippen LogP contribution in [0.5, 0.6) is 0 Å². The monoisotopic (exact) mass is 332 g/mol. The molecule has 3 rings (SSSR count). The third-order valence-electron chi connectivity index (χ3n) is 4.17. The molecule has 0 aliphatic carbocycles. The van der Waals surface area contributed by atoms with E-state index in [9.17, 15) is 9.18 Å². The molecular weight excluding hydrogens is 311 g/mol. The van der Waals surface area contributed by atoms with Crippen molar-refractivity contribution in [2.24, 2.45) is 0 Å². The Hall–Kier alpha value is -2.28. The molecule has 0 bridgehead atoms. The van der Waals surface area contributed by atoms with Crippen LogP contribution in [0.1, 0.15) is 30.7 Å². The quantitative estimate of drug-likeness (QED) is 0.875. The van der Waals surface area contributed by atoms with Crippen LogP contribution >= 0.6 is 0 Å². The van der Waals surface area contributed by atoms with Gasteiger partial charge in [-0.25, -0.2) is 4.39 Å². The van der Waals surface area contributed by atoms with E-state index in [0.717, 1.165) is 25.9 Å². The Bertz CT molecular complexity index is 710. The second-order valence-corrected chi connectivity index (χ2v) is 6.07. The van der Waals surface area contributed by atoms with E-state index < -0.39 is 0 Å². The number of piperidine rings is 1. The van der Waals surface area contributed by atoms with Gasteiger partial charge in [0.15, 0.2) is 0 Å². The Morgan fingerprint density at radius 1 is 1.42 bits per heavy atom. The van der Waals surface area contributed by atoms with E-state index in [0.29, 0.717) is 35.7 Å². The second-order valence-electron chi connectivity index (χ2n) is 6.07. The van der Waals surface area contributed by atoms with E-state index in [1.165, 1.54) is 6.07 Å². The SMILES string of the molecule is Cc1ccc(-c2noc(CCC(=O)NC3CCNCC3)n2)cc1F. The lowest BCUT2D eigenvalue weighted by Gasteiger charge is -2.23. The summed E-state index contributed by atoms with van der Waals surface area (Å²) in [6.45, 7) is 3.57. The lowest BCUT2D eigenvalue weighted by atomic mass is 10.1. The smallest absolute Gasteiger partial charge is 0.227 e. The zero-order valence-corrected chi connectivity index (χ0v) is 13.6. The highest BCUT2D eigenvalue weighted by Crippen LogP contribution is 2.19.